The Hall–Kier alpha value is -2.18. The monoisotopic (exact) mass is 355 g/mol. The van der Waals surface area contributed by atoms with Crippen LogP contribution in [0.2, 0.25) is 0 Å². The van der Waals surface area contributed by atoms with Crippen molar-refractivity contribution >= 4 is 12.1 Å². The molecule has 1 amide bonds. The minimum atomic E-state index is -1.09. The van der Waals surface area contributed by atoms with E-state index in [1.54, 1.807) is 27.7 Å². The quantitative estimate of drug-likeness (QED) is 0.877. The van der Waals surface area contributed by atoms with Crippen LogP contribution in [0.25, 0.3) is 0 Å². The summed E-state index contributed by atoms with van der Waals surface area (Å²) in [7, 11) is 0. The van der Waals surface area contributed by atoms with E-state index >= 15 is 0 Å². The van der Waals surface area contributed by atoms with Crippen LogP contribution in [0.3, 0.4) is 0 Å². The molecule has 1 heterocycles. The van der Waals surface area contributed by atoms with Crippen molar-refractivity contribution in [1.82, 2.24) is 4.90 Å². The van der Waals surface area contributed by atoms with Crippen molar-refractivity contribution in [2.24, 2.45) is 5.92 Å². The van der Waals surface area contributed by atoms with Crippen molar-refractivity contribution in [3.05, 3.63) is 35.4 Å². The minimum absolute atomic E-state index is 0.0466. The second kappa shape index (κ2) is 6.98. The summed E-state index contributed by atoms with van der Waals surface area (Å²) in [4.78, 5) is 25.4. The number of ether oxygens (including phenoxy) is 1. The van der Waals surface area contributed by atoms with Crippen LogP contribution < -0.4 is 0 Å². The molecule has 0 unspecified atom stereocenters. The van der Waals surface area contributed by atoms with Gasteiger partial charge in [0.25, 0.3) is 0 Å². The van der Waals surface area contributed by atoms with Gasteiger partial charge in [-0.2, -0.15) is 0 Å². The van der Waals surface area contributed by atoms with Gasteiger partial charge >= 0.3 is 12.1 Å². The van der Waals surface area contributed by atoms with E-state index in [0.29, 0.717) is 12.0 Å². The number of carboxylic acid groups (broad SMARTS) is 1. The first kappa shape index (κ1) is 19.1. The molecule has 1 saturated heterocycles. The Morgan fingerprint density at radius 1 is 1.24 bits per heavy atom. The third-order valence-electron chi connectivity index (χ3n) is 4.32. The average molecular weight is 355 g/mol. The van der Waals surface area contributed by atoms with Gasteiger partial charge in [0, 0.05) is 18.5 Å². The summed E-state index contributed by atoms with van der Waals surface area (Å²) in [6.07, 6.45) is -0.253. The molecule has 0 aliphatic carbocycles. The Bertz CT molecular complexity index is 672. The van der Waals surface area contributed by atoms with Crippen LogP contribution in [0.15, 0.2) is 18.2 Å². The van der Waals surface area contributed by atoms with Crippen LogP contribution >= 0.6 is 0 Å². The van der Waals surface area contributed by atoms with Gasteiger partial charge in [-0.25, -0.2) is 13.6 Å². The van der Waals surface area contributed by atoms with Crippen molar-refractivity contribution in [3.8, 4) is 0 Å². The highest BCUT2D eigenvalue weighted by Crippen LogP contribution is 2.37. The van der Waals surface area contributed by atoms with Crippen molar-refractivity contribution in [3.63, 3.8) is 0 Å². The van der Waals surface area contributed by atoms with E-state index in [2.05, 4.69) is 0 Å². The molecule has 0 radical (unpaired) electrons. The number of rotatable bonds is 2. The molecule has 1 N–H and O–H groups in total. The lowest BCUT2D eigenvalue weighted by Gasteiger charge is -2.41. The molecule has 0 aromatic heterocycles. The molecule has 0 saturated carbocycles. The van der Waals surface area contributed by atoms with Crippen molar-refractivity contribution in [2.75, 3.05) is 6.54 Å². The Kier molecular flexibility index (Phi) is 5.34. The number of aliphatic carboxylic acids is 1. The number of hydrogen-bond donors (Lipinski definition) is 1. The molecule has 0 bridgehead atoms. The van der Waals surface area contributed by atoms with Crippen molar-refractivity contribution < 1.29 is 28.2 Å². The van der Waals surface area contributed by atoms with Crippen molar-refractivity contribution in [1.29, 1.82) is 0 Å². The number of nitrogens with zero attached hydrogens (tertiary/aromatic N) is 1. The molecular weight excluding hydrogens is 332 g/mol. The number of carbonyl (C=O) groups excluding carboxylic acids is 1. The van der Waals surface area contributed by atoms with Gasteiger partial charge in [0.2, 0.25) is 0 Å². The zero-order valence-corrected chi connectivity index (χ0v) is 14.8. The van der Waals surface area contributed by atoms with Crippen LogP contribution in [0.5, 0.6) is 0 Å². The third-order valence-corrected chi connectivity index (χ3v) is 4.32. The van der Waals surface area contributed by atoms with Gasteiger partial charge in [-0.1, -0.05) is 6.07 Å². The summed E-state index contributed by atoms with van der Waals surface area (Å²) in [6, 6.07) is 3.14. The molecule has 2 rings (SSSR count). The lowest BCUT2D eigenvalue weighted by molar-refractivity contribution is -0.144. The number of hydrogen-bond acceptors (Lipinski definition) is 3. The number of halogens is 2. The Morgan fingerprint density at radius 2 is 1.88 bits per heavy atom. The summed E-state index contributed by atoms with van der Waals surface area (Å²) in [5, 5.41) is 9.57. The summed E-state index contributed by atoms with van der Waals surface area (Å²) in [5.41, 5.74) is -0.270. The van der Waals surface area contributed by atoms with Crippen molar-refractivity contribution in [2.45, 2.75) is 51.7 Å². The fourth-order valence-electron chi connectivity index (χ4n) is 3.11. The summed E-state index contributed by atoms with van der Waals surface area (Å²) < 4.78 is 32.0. The lowest BCUT2D eigenvalue weighted by atomic mass is 9.78. The minimum Gasteiger partial charge on any atom is -0.481 e. The number of amides is 1. The standard InChI is InChI=1S/C18H23F2NO4/c1-10-7-12(11-5-6-14(19)15(20)8-11)13(16(22)23)9-21(10)17(24)25-18(2,3)4/h5-6,8,10,12-13H,7,9H2,1-4H3,(H,22,23)/t10-,12+,13-/m0/s1. The van der Waals surface area contributed by atoms with Gasteiger partial charge in [-0.3, -0.25) is 4.79 Å². The van der Waals surface area contributed by atoms with Gasteiger partial charge in [0.1, 0.15) is 5.60 Å². The number of piperidine rings is 1. The van der Waals surface area contributed by atoms with Gasteiger partial charge < -0.3 is 14.7 Å². The molecule has 1 aliphatic rings. The Balaban J connectivity index is 2.26. The molecule has 1 fully saturated rings. The second-order valence-corrected chi connectivity index (χ2v) is 7.44. The number of likely N-dealkylation sites (tertiary alicyclic amines) is 1. The Labute approximate surface area is 145 Å². The molecule has 1 aromatic carbocycles. The third kappa shape index (κ3) is 4.46. The normalized spacial score (nSPS) is 24.1. The first-order valence-electron chi connectivity index (χ1n) is 8.17. The zero-order chi connectivity index (χ0) is 18.9. The van der Waals surface area contributed by atoms with E-state index in [9.17, 15) is 23.5 Å². The van der Waals surface area contributed by atoms with Gasteiger partial charge in [-0.15, -0.1) is 0 Å². The SMILES string of the molecule is C[C@H]1C[C@H](c2ccc(F)c(F)c2)[C@@H](C(=O)O)CN1C(=O)OC(C)(C)C. The average Bonchev–Trinajstić information content (AvgIpc) is 2.47. The number of carboxylic acids is 1. The molecule has 0 spiro atoms. The number of benzene rings is 1. The Morgan fingerprint density at radius 3 is 2.40 bits per heavy atom. The molecule has 1 aliphatic heterocycles. The predicted molar refractivity (Wildman–Crippen MR) is 87.2 cm³/mol. The van der Waals surface area contributed by atoms with E-state index in [-0.39, 0.29) is 12.6 Å². The molecule has 3 atom stereocenters. The molecule has 25 heavy (non-hydrogen) atoms. The van der Waals surface area contributed by atoms with Crippen LogP contribution in [0.4, 0.5) is 13.6 Å². The van der Waals surface area contributed by atoms with E-state index in [0.717, 1.165) is 12.1 Å². The first-order chi connectivity index (χ1) is 11.5. The fourth-order valence-corrected chi connectivity index (χ4v) is 3.11. The fraction of sp³-hybridized carbons (Fsp3) is 0.556. The van der Waals surface area contributed by atoms with Gasteiger partial charge in [0.05, 0.1) is 5.92 Å². The number of carbonyl (C=O) groups is 2. The van der Waals surface area contributed by atoms with Crippen LogP contribution in [0, 0.1) is 17.6 Å². The van der Waals surface area contributed by atoms with Crippen LogP contribution in [-0.2, 0) is 9.53 Å². The predicted octanol–water partition coefficient (Wildman–Crippen LogP) is 3.78. The van der Waals surface area contributed by atoms with E-state index in [1.807, 2.05) is 0 Å². The van der Waals surface area contributed by atoms with Gasteiger partial charge in [-0.05, 0) is 51.8 Å². The maximum atomic E-state index is 13.5. The smallest absolute Gasteiger partial charge is 0.410 e. The topological polar surface area (TPSA) is 66.8 Å². The maximum Gasteiger partial charge on any atom is 0.410 e. The second-order valence-electron chi connectivity index (χ2n) is 7.44. The lowest BCUT2D eigenvalue weighted by Crippen LogP contribution is -2.51. The summed E-state index contributed by atoms with van der Waals surface area (Å²) in [5.74, 6) is -4.51. The highest BCUT2D eigenvalue weighted by Gasteiger charge is 2.41. The van der Waals surface area contributed by atoms with Crippen LogP contribution in [-0.4, -0.2) is 40.3 Å². The highest BCUT2D eigenvalue weighted by atomic mass is 19.2. The molecule has 5 nitrogen and oxygen atoms in total. The zero-order valence-electron chi connectivity index (χ0n) is 14.8. The molecule has 7 heteroatoms. The largest absolute Gasteiger partial charge is 0.481 e. The molecular formula is C18H23F2NO4. The van der Waals surface area contributed by atoms with E-state index < -0.39 is 41.1 Å². The molecule has 1 aromatic rings. The maximum absolute atomic E-state index is 13.5. The van der Waals surface area contributed by atoms with Crippen LogP contribution in [0.1, 0.15) is 45.6 Å². The molecule has 138 valence electrons. The van der Waals surface area contributed by atoms with Gasteiger partial charge in [0.15, 0.2) is 11.6 Å². The van der Waals surface area contributed by atoms with E-state index in [4.69, 9.17) is 4.74 Å². The first-order valence-corrected chi connectivity index (χ1v) is 8.17. The summed E-state index contributed by atoms with van der Waals surface area (Å²) >= 11 is 0. The highest BCUT2D eigenvalue weighted by molar-refractivity contribution is 5.75. The summed E-state index contributed by atoms with van der Waals surface area (Å²) in [6.45, 7) is 6.94. The van der Waals surface area contributed by atoms with E-state index in [1.165, 1.54) is 11.0 Å².